The van der Waals surface area contributed by atoms with Gasteiger partial charge in [0.25, 0.3) is 5.91 Å². The van der Waals surface area contributed by atoms with Crippen molar-refractivity contribution in [2.75, 3.05) is 0 Å². The Bertz CT molecular complexity index is 525. The maximum atomic E-state index is 10.8. The van der Waals surface area contributed by atoms with Crippen LogP contribution >= 0.6 is 11.8 Å². The number of phenols is 1. The summed E-state index contributed by atoms with van der Waals surface area (Å²) in [4.78, 5) is 11.7. The molecule has 0 saturated carbocycles. The predicted octanol–water partition coefficient (Wildman–Crippen LogP) is 1.43. The molecule has 6 heteroatoms. The highest BCUT2D eigenvalue weighted by molar-refractivity contribution is 7.99. The molecule has 0 fully saturated rings. The number of hydrogen-bond acceptors (Lipinski definition) is 5. The van der Waals surface area contributed by atoms with Gasteiger partial charge < -0.3 is 10.8 Å². The van der Waals surface area contributed by atoms with Crippen LogP contribution in [-0.4, -0.2) is 21.2 Å². The van der Waals surface area contributed by atoms with E-state index < -0.39 is 5.91 Å². The molecule has 1 amide bonds. The van der Waals surface area contributed by atoms with Gasteiger partial charge in [0.15, 0.2) is 5.69 Å². The summed E-state index contributed by atoms with van der Waals surface area (Å²) >= 11 is 1.38. The molecule has 0 aliphatic carbocycles. The highest BCUT2D eigenvalue weighted by Crippen LogP contribution is 2.26. The van der Waals surface area contributed by atoms with E-state index in [4.69, 9.17) is 10.8 Å². The molecular formula is C11H9N3O2S. The molecule has 0 aliphatic rings. The average Bonchev–Trinajstić information content (AvgIpc) is 2.33. The van der Waals surface area contributed by atoms with Crippen LogP contribution in [0.15, 0.2) is 46.3 Å². The lowest BCUT2D eigenvalue weighted by Gasteiger charge is -2.00. The summed E-state index contributed by atoms with van der Waals surface area (Å²) < 4.78 is 0. The molecule has 0 radical (unpaired) electrons. The van der Waals surface area contributed by atoms with Gasteiger partial charge in [-0.25, -0.2) is 0 Å². The van der Waals surface area contributed by atoms with Crippen LogP contribution in [0.1, 0.15) is 10.5 Å². The van der Waals surface area contributed by atoms with Gasteiger partial charge in [0.1, 0.15) is 10.8 Å². The van der Waals surface area contributed by atoms with Crippen molar-refractivity contribution in [2.45, 2.75) is 9.92 Å². The first-order chi connectivity index (χ1) is 8.15. The molecule has 1 aromatic carbocycles. The van der Waals surface area contributed by atoms with Gasteiger partial charge in [-0.1, -0.05) is 11.8 Å². The third-order valence-corrected chi connectivity index (χ3v) is 2.89. The summed E-state index contributed by atoms with van der Waals surface area (Å²) in [5.41, 5.74) is 5.20. The van der Waals surface area contributed by atoms with Crippen molar-refractivity contribution in [1.82, 2.24) is 10.2 Å². The smallest absolute Gasteiger partial charge is 0.269 e. The molecule has 1 heterocycles. The summed E-state index contributed by atoms with van der Waals surface area (Å²) in [6, 6.07) is 9.91. The summed E-state index contributed by atoms with van der Waals surface area (Å²) in [6.07, 6.45) is 0. The van der Waals surface area contributed by atoms with Gasteiger partial charge >= 0.3 is 0 Å². The molecule has 0 atom stereocenters. The second kappa shape index (κ2) is 4.84. The average molecular weight is 247 g/mol. The third-order valence-electron chi connectivity index (χ3n) is 1.95. The van der Waals surface area contributed by atoms with Crippen LogP contribution < -0.4 is 5.73 Å². The number of nitrogens with two attached hydrogens (primary N) is 1. The lowest BCUT2D eigenvalue weighted by atomic mass is 10.3. The number of benzene rings is 1. The van der Waals surface area contributed by atoms with E-state index >= 15 is 0 Å². The molecule has 0 unspecified atom stereocenters. The zero-order valence-electron chi connectivity index (χ0n) is 8.70. The highest BCUT2D eigenvalue weighted by Gasteiger charge is 2.04. The van der Waals surface area contributed by atoms with Gasteiger partial charge in [-0.05, 0) is 36.4 Å². The minimum absolute atomic E-state index is 0.139. The standard InChI is InChI=1S/C11H9N3O2S/c12-11(16)9-5-6-10(14-13-9)17-8-3-1-7(15)2-4-8/h1-6,15H,(H2,12,16). The monoisotopic (exact) mass is 247 g/mol. The van der Waals surface area contributed by atoms with Gasteiger partial charge in [-0.15, -0.1) is 10.2 Å². The molecule has 17 heavy (non-hydrogen) atoms. The molecule has 5 nitrogen and oxygen atoms in total. The Labute approximate surface area is 102 Å². The third kappa shape index (κ3) is 2.94. The molecule has 86 valence electrons. The van der Waals surface area contributed by atoms with Crippen molar-refractivity contribution in [2.24, 2.45) is 5.73 Å². The number of aromatic nitrogens is 2. The van der Waals surface area contributed by atoms with Crippen LogP contribution in [0.5, 0.6) is 5.75 Å². The minimum Gasteiger partial charge on any atom is -0.508 e. The van der Waals surface area contributed by atoms with Crippen molar-refractivity contribution < 1.29 is 9.90 Å². The maximum absolute atomic E-state index is 10.8. The number of amides is 1. The van der Waals surface area contributed by atoms with Crippen molar-refractivity contribution in [3.8, 4) is 5.75 Å². The van der Waals surface area contributed by atoms with Gasteiger partial charge in [0, 0.05) is 4.90 Å². The maximum Gasteiger partial charge on any atom is 0.269 e. The quantitative estimate of drug-likeness (QED) is 0.856. The molecule has 0 spiro atoms. The van der Waals surface area contributed by atoms with E-state index in [-0.39, 0.29) is 11.4 Å². The summed E-state index contributed by atoms with van der Waals surface area (Å²) in [6.45, 7) is 0. The molecule has 2 rings (SSSR count). The largest absolute Gasteiger partial charge is 0.508 e. The Balaban J connectivity index is 2.13. The van der Waals surface area contributed by atoms with Crippen molar-refractivity contribution in [3.63, 3.8) is 0 Å². The van der Waals surface area contributed by atoms with Crippen LogP contribution in [0, 0.1) is 0 Å². The highest BCUT2D eigenvalue weighted by atomic mass is 32.2. The first-order valence-electron chi connectivity index (χ1n) is 4.75. The second-order valence-electron chi connectivity index (χ2n) is 3.22. The van der Waals surface area contributed by atoms with Gasteiger partial charge in [-0.3, -0.25) is 4.79 Å². The number of carbonyl (C=O) groups excluding carboxylic acids is 1. The van der Waals surface area contributed by atoms with Crippen molar-refractivity contribution in [1.29, 1.82) is 0 Å². The SMILES string of the molecule is NC(=O)c1ccc(Sc2ccc(O)cc2)nn1. The summed E-state index contributed by atoms with van der Waals surface area (Å²) in [5, 5.41) is 17.3. The lowest BCUT2D eigenvalue weighted by Crippen LogP contribution is -2.13. The van der Waals surface area contributed by atoms with Crippen LogP contribution in [0.2, 0.25) is 0 Å². The van der Waals surface area contributed by atoms with Crippen molar-refractivity contribution >= 4 is 17.7 Å². The molecule has 0 saturated heterocycles. The fraction of sp³-hybridized carbons (Fsp3) is 0. The second-order valence-corrected chi connectivity index (χ2v) is 4.31. The Morgan fingerprint density at radius 1 is 1.12 bits per heavy atom. The molecule has 1 aromatic heterocycles. The first kappa shape index (κ1) is 11.4. The topological polar surface area (TPSA) is 89.1 Å². The van der Waals surface area contributed by atoms with Gasteiger partial charge in [0.05, 0.1) is 0 Å². The summed E-state index contributed by atoms with van der Waals surface area (Å²) in [7, 11) is 0. The fourth-order valence-corrected chi connectivity index (χ4v) is 1.87. The number of nitrogens with zero attached hydrogens (tertiary/aromatic N) is 2. The number of phenolic OH excluding ortho intramolecular Hbond substituents is 1. The van der Waals surface area contributed by atoms with E-state index in [9.17, 15) is 4.79 Å². The van der Waals surface area contributed by atoms with Crippen LogP contribution in [-0.2, 0) is 0 Å². The number of hydrogen-bond donors (Lipinski definition) is 2. The normalized spacial score (nSPS) is 10.1. The predicted molar refractivity (Wildman–Crippen MR) is 62.8 cm³/mol. The fourth-order valence-electron chi connectivity index (χ4n) is 1.14. The van der Waals surface area contributed by atoms with Gasteiger partial charge in [0.2, 0.25) is 0 Å². The van der Waals surface area contributed by atoms with E-state index in [1.807, 2.05) is 0 Å². The molecular weight excluding hydrogens is 238 g/mol. The van der Waals surface area contributed by atoms with Crippen LogP contribution in [0.4, 0.5) is 0 Å². The van der Waals surface area contributed by atoms with Crippen LogP contribution in [0.25, 0.3) is 0 Å². The summed E-state index contributed by atoms with van der Waals surface area (Å²) in [5.74, 6) is -0.386. The lowest BCUT2D eigenvalue weighted by molar-refractivity contribution is 0.0994. The number of aromatic hydroxyl groups is 1. The van der Waals surface area contributed by atoms with E-state index in [1.165, 1.54) is 17.8 Å². The molecule has 3 N–H and O–H groups in total. The minimum atomic E-state index is -0.598. The number of rotatable bonds is 3. The molecule has 0 aliphatic heterocycles. The van der Waals surface area contributed by atoms with E-state index in [1.54, 1.807) is 30.3 Å². The number of primary amides is 1. The van der Waals surface area contributed by atoms with E-state index in [0.29, 0.717) is 5.03 Å². The molecule has 2 aromatic rings. The zero-order chi connectivity index (χ0) is 12.3. The first-order valence-corrected chi connectivity index (χ1v) is 5.57. The Kier molecular flexibility index (Phi) is 3.24. The Morgan fingerprint density at radius 2 is 1.82 bits per heavy atom. The van der Waals surface area contributed by atoms with Gasteiger partial charge in [-0.2, -0.15) is 0 Å². The molecule has 0 bridgehead atoms. The Hall–Kier alpha value is -2.08. The van der Waals surface area contributed by atoms with E-state index in [2.05, 4.69) is 10.2 Å². The number of carbonyl (C=O) groups is 1. The zero-order valence-corrected chi connectivity index (χ0v) is 9.52. The Morgan fingerprint density at radius 3 is 2.35 bits per heavy atom. The van der Waals surface area contributed by atoms with Crippen LogP contribution in [0.3, 0.4) is 0 Å². The van der Waals surface area contributed by atoms with Crippen molar-refractivity contribution in [3.05, 3.63) is 42.1 Å². The van der Waals surface area contributed by atoms with E-state index in [0.717, 1.165) is 4.90 Å².